The van der Waals surface area contributed by atoms with E-state index in [-0.39, 0.29) is 11.4 Å². The van der Waals surface area contributed by atoms with Gasteiger partial charge in [0.25, 0.3) is 10.0 Å². The van der Waals surface area contributed by atoms with Crippen molar-refractivity contribution >= 4 is 33.2 Å². The number of methoxy groups -OCH3 is 1. The highest BCUT2D eigenvalue weighted by atomic mass is 35.5. The zero-order valence-corrected chi connectivity index (χ0v) is 18.8. The molecule has 0 aromatic heterocycles. The van der Waals surface area contributed by atoms with Crippen LogP contribution in [0.25, 0.3) is 0 Å². The first-order chi connectivity index (χ1) is 14.8. The molecule has 3 aromatic rings. The van der Waals surface area contributed by atoms with Crippen molar-refractivity contribution < 1.29 is 17.9 Å². The fourth-order valence-corrected chi connectivity index (χ4v) is 4.57. The molecule has 3 aromatic carbocycles. The molecule has 0 saturated carbocycles. The lowest BCUT2D eigenvalue weighted by Gasteiger charge is -2.26. The number of anilines is 1. The molecule has 0 bridgehead atoms. The Bertz CT molecular complexity index is 1150. The highest BCUT2D eigenvalue weighted by Crippen LogP contribution is 2.33. The molecule has 6 nitrogen and oxygen atoms in total. The van der Waals surface area contributed by atoms with E-state index in [2.05, 4.69) is 5.32 Å². The summed E-state index contributed by atoms with van der Waals surface area (Å²) in [4.78, 5) is 12.8. The molecule has 0 unspecified atom stereocenters. The lowest BCUT2D eigenvalue weighted by atomic mass is 10.2. The minimum absolute atomic E-state index is 0.0871. The third-order valence-electron chi connectivity index (χ3n) is 4.62. The van der Waals surface area contributed by atoms with Crippen LogP contribution in [0.3, 0.4) is 0 Å². The van der Waals surface area contributed by atoms with Crippen molar-refractivity contribution in [3.05, 3.63) is 88.9 Å². The standard InChI is InChI=1S/C23H23ClN2O4S/c1-17-8-13-22(30-2)21(14-17)26(31(28,29)20-6-4-3-5-7-20)16-23(27)25-15-18-9-11-19(24)12-10-18/h3-14H,15-16H2,1-2H3,(H,25,27). The smallest absolute Gasteiger partial charge is 0.264 e. The number of rotatable bonds is 8. The summed E-state index contributed by atoms with van der Waals surface area (Å²) in [5, 5.41) is 3.36. The van der Waals surface area contributed by atoms with Crippen LogP contribution in [0.5, 0.6) is 5.75 Å². The molecule has 0 aliphatic heterocycles. The van der Waals surface area contributed by atoms with Crippen molar-refractivity contribution in [3.63, 3.8) is 0 Å². The van der Waals surface area contributed by atoms with Crippen molar-refractivity contribution in [2.45, 2.75) is 18.4 Å². The summed E-state index contributed by atoms with van der Waals surface area (Å²) in [5.41, 5.74) is 1.99. The van der Waals surface area contributed by atoms with Gasteiger partial charge in [-0.25, -0.2) is 8.42 Å². The molecule has 0 atom stereocenters. The van der Waals surface area contributed by atoms with E-state index < -0.39 is 22.5 Å². The van der Waals surface area contributed by atoms with Crippen molar-refractivity contribution in [3.8, 4) is 5.75 Å². The van der Waals surface area contributed by atoms with E-state index in [1.807, 2.05) is 13.0 Å². The van der Waals surface area contributed by atoms with Crippen molar-refractivity contribution in [2.24, 2.45) is 0 Å². The van der Waals surface area contributed by atoms with Gasteiger partial charge in [0.2, 0.25) is 5.91 Å². The van der Waals surface area contributed by atoms with Gasteiger partial charge in [-0.15, -0.1) is 0 Å². The fraction of sp³-hybridized carbons (Fsp3) is 0.174. The maximum atomic E-state index is 13.4. The second-order valence-corrected chi connectivity index (χ2v) is 9.20. The molecule has 162 valence electrons. The zero-order chi connectivity index (χ0) is 22.4. The van der Waals surface area contributed by atoms with Crippen LogP contribution in [0.15, 0.2) is 77.7 Å². The van der Waals surface area contributed by atoms with E-state index in [1.54, 1.807) is 54.6 Å². The van der Waals surface area contributed by atoms with Crippen LogP contribution in [0.2, 0.25) is 5.02 Å². The number of hydrogen-bond donors (Lipinski definition) is 1. The normalized spacial score (nSPS) is 11.1. The Morgan fingerprint density at radius 1 is 1.03 bits per heavy atom. The summed E-state index contributed by atoms with van der Waals surface area (Å²) < 4.78 is 33.3. The Kier molecular flexibility index (Phi) is 7.20. The number of hydrogen-bond acceptors (Lipinski definition) is 4. The van der Waals surface area contributed by atoms with Crippen LogP contribution in [0.4, 0.5) is 5.69 Å². The average Bonchev–Trinajstić information content (AvgIpc) is 2.77. The lowest BCUT2D eigenvalue weighted by molar-refractivity contribution is -0.119. The van der Waals surface area contributed by atoms with Crippen LogP contribution in [0.1, 0.15) is 11.1 Å². The summed E-state index contributed by atoms with van der Waals surface area (Å²) in [5.74, 6) is -0.0892. The third-order valence-corrected chi connectivity index (χ3v) is 6.65. The number of halogens is 1. The molecular formula is C23H23ClN2O4S. The van der Waals surface area contributed by atoms with E-state index in [0.29, 0.717) is 16.5 Å². The molecule has 0 radical (unpaired) electrons. The van der Waals surface area contributed by atoms with E-state index in [9.17, 15) is 13.2 Å². The molecule has 0 spiro atoms. The summed E-state index contributed by atoms with van der Waals surface area (Å²) >= 11 is 5.89. The molecule has 8 heteroatoms. The maximum absolute atomic E-state index is 13.4. The average molecular weight is 459 g/mol. The van der Waals surface area contributed by atoms with Gasteiger partial charge in [0.1, 0.15) is 12.3 Å². The fourth-order valence-electron chi connectivity index (χ4n) is 3.00. The van der Waals surface area contributed by atoms with E-state index in [1.165, 1.54) is 19.2 Å². The van der Waals surface area contributed by atoms with E-state index in [4.69, 9.17) is 16.3 Å². The van der Waals surface area contributed by atoms with Gasteiger partial charge in [-0.3, -0.25) is 9.10 Å². The van der Waals surface area contributed by atoms with E-state index in [0.717, 1.165) is 15.4 Å². The van der Waals surface area contributed by atoms with Gasteiger partial charge in [-0.1, -0.05) is 48.0 Å². The first kappa shape index (κ1) is 22.7. The molecule has 1 amide bonds. The Labute approximate surface area is 187 Å². The molecule has 0 saturated heterocycles. The molecule has 31 heavy (non-hydrogen) atoms. The minimum Gasteiger partial charge on any atom is -0.495 e. The zero-order valence-electron chi connectivity index (χ0n) is 17.2. The van der Waals surface area contributed by atoms with E-state index >= 15 is 0 Å². The number of carbonyl (C=O) groups excluding carboxylic acids is 1. The molecule has 0 fully saturated rings. The van der Waals surface area contributed by atoms with Crippen LogP contribution in [-0.4, -0.2) is 28.0 Å². The van der Waals surface area contributed by atoms with Crippen LogP contribution >= 0.6 is 11.6 Å². The second-order valence-electron chi connectivity index (χ2n) is 6.90. The third kappa shape index (κ3) is 5.57. The molecular weight excluding hydrogens is 436 g/mol. The Hall–Kier alpha value is -3.03. The molecule has 3 rings (SSSR count). The lowest BCUT2D eigenvalue weighted by Crippen LogP contribution is -2.40. The number of benzene rings is 3. The number of nitrogens with zero attached hydrogens (tertiary/aromatic N) is 1. The molecule has 0 aliphatic rings. The van der Waals surface area contributed by atoms with Gasteiger partial charge in [-0.05, 0) is 54.4 Å². The first-order valence-corrected chi connectivity index (χ1v) is 11.4. The Morgan fingerprint density at radius 3 is 2.35 bits per heavy atom. The largest absolute Gasteiger partial charge is 0.495 e. The predicted octanol–water partition coefficient (Wildman–Crippen LogP) is 4.17. The Balaban J connectivity index is 1.92. The minimum atomic E-state index is -4.01. The van der Waals surface area contributed by atoms with Gasteiger partial charge in [0.05, 0.1) is 17.7 Å². The first-order valence-electron chi connectivity index (χ1n) is 9.55. The van der Waals surface area contributed by atoms with Crippen molar-refractivity contribution in [2.75, 3.05) is 18.0 Å². The number of nitrogens with one attached hydrogen (secondary N) is 1. The summed E-state index contributed by atoms with van der Waals surface area (Å²) in [7, 11) is -2.55. The van der Waals surface area contributed by atoms with Gasteiger partial charge in [0, 0.05) is 11.6 Å². The van der Waals surface area contributed by atoms with Gasteiger partial charge >= 0.3 is 0 Å². The topological polar surface area (TPSA) is 75.7 Å². The van der Waals surface area contributed by atoms with Crippen LogP contribution < -0.4 is 14.4 Å². The van der Waals surface area contributed by atoms with Gasteiger partial charge < -0.3 is 10.1 Å². The monoisotopic (exact) mass is 458 g/mol. The van der Waals surface area contributed by atoms with Gasteiger partial charge in [0.15, 0.2) is 0 Å². The van der Waals surface area contributed by atoms with Crippen LogP contribution in [0, 0.1) is 6.92 Å². The predicted molar refractivity (Wildman–Crippen MR) is 122 cm³/mol. The maximum Gasteiger partial charge on any atom is 0.264 e. The summed E-state index contributed by atoms with van der Waals surface area (Å²) in [6, 6.07) is 20.2. The highest BCUT2D eigenvalue weighted by Gasteiger charge is 2.29. The molecule has 0 aliphatic carbocycles. The second kappa shape index (κ2) is 9.85. The van der Waals surface area contributed by atoms with Crippen molar-refractivity contribution in [1.29, 1.82) is 0 Å². The molecule has 1 N–H and O–H groups in total. The van der Waals surface area contributed by atoms with Gasteiger partial charge in [-0.2, -0.15) is 0 Å². The highest BCUT2D eigenvalue weighted by molar-refractivity contribution is 7.92. The number of carbonyl (C=O) groups is 1. The molecule has 0 heterocycles. The number of aryl methyl sites for hydroxylation is 1. The number of ether oxygens (including phenoxy) is 1. The number of sulfonamides is 1. The van der Waals surface area contributed by atoms with Crippen molar-refractivity contribution in [1.82, 2.24) is 5.32 Å². The van der Waals surface area contributed by atoms with Crippen LogP contribution in [-0.2, 0) is 21.4 Å². The quantitative estimate of drug-likeness (QED) is 0.549. The Morgan fingerprint density at radius 2 is 1.71 bits per heavy atom. The SMILES string of the molecule is COc1ccc(C)cc1N(CC(=O)NCc1ccc(Cl)cc1)S(=O)(=O)c1ccccc1. The summed E-state index contributed by atoms with van der Waals surface area (Å²) in [6.07, 6.45) is 0. The summed E-state index contributed by atoms with van der Waals surface area (Å²) in [6.45, 7) is 1.70. The number of amides is 1.